The molecule has 1 aliphatic carbocycles. The maximum Gasteiger partial charge on any atom is 0.0395 e. The minimum atomic E-state index is 0.566. The third-order valence-electron chi connectivity index (χ3n) is 5.13. The number of nitrogens with zero attached hydrogens (tertiary/aromatic N) is 1. The van der Waals surface area contributed by atoms with Crippen LogP contribution in [0, 0.1) is 0 Å². The fourth-order valence-corrected chi connectivity index (χ4v) is 3.89. The molecule has 1 N–H and O–H groups in total. The van der Waals surface area contributed by atoms with E-state index in [1.165, 1.54) is 24.1 Å². The highest BCUT2D eigenvalue weighted by Gasteiger charge is 2.34. The number of benzene rings is 2. The number of fused-ring (bicyclic) bond motifs is 1. The largest absolute Gasteiger partial charge is 0.371 e. The quantitative estimate of drug-likeness (QED) is 0.770. The van der Waals surface area contributed by atoms with Crippen molar-refractivity contribution >= 4 is 5.69 Å². The van der Waals surface area contributed by atoms with Crippen molar-refractivity contribution in [3.8, 4) is 0 Å². The lowest BCUT2D eigenvalue weighted by atomic mass is 9.92. The van der Waals surface area contributed by atoms with Crippen LogP contribution in [0.15, 0.2) is 54.6 Å². The van der Waals surface area contributed by atoms with Crippen molar-refractivity contribution in [3.63, 3.8) is 0 Å². The Labute approximate surface area is 140 Å². The summed E-state index contributed by atoms with van der Waals surface area (Å²) in [4.78, 5) is 2.48. The summed E-state index contributed by atoms with van der Waals surface area (Å²) >= 11 is 0. The second kappa shape index (κ2) is 7.65. The van der Waals surface area contributed by atoms with Crippen LogP contribution in [0.1, 0.15) is 36.8 Å². The number of rotatable bonds is 7. The van der Waals surface area contributed by atoms with E-state index in [2.05, 4.69) is 78.8 Å². The van der Waals surface area contributed by atoms with E-state index in [-0.39, 0.29) is 0 Å². The summed E-state index contributed by atoms with van der Waals surface area (Å²) < 4.78 is 0. The van der Waals surface area contributed by atoms with E-state index in [4.69, 9.17) is 0 Å². The van der Waals surface area contributed by atoms with Gasteiger partial charge >= 0.3 is 0 Å². The van der Waals surface area contributed by atoms with Crippen LogP contribution in [0.2, 0.25) is 0 Å². The lowest BCUT2D eigenvalue weighted by molar-refractivity contribution is 0.490. The summed E-state index contributed by atoms with van der Waals surface area (Å²) in [6.45, 7) is 4.36. The molecule has 2 atom stereocenters. The first-order valence-electron chi connectivity index (χ1n) is 8.87. The Morgan fingerprint density at radius 3 is 2.57 bits per heavy atom. The molecule has 2 heteroatoms. The van der Waals surface area contributed by atoms with Gasteiger partial charge in [-0.05, 0) is 55.6 Å². The van der Waals surface area contributed by atoms with E-state index in [0.29, 0.717) is 12.0 Å². The van der Waals surface area contributed by atoms with Crippen LogP contribution in [0.5, 0.6) is 0 Å². The monoisotopic (exact) mass is 308 g/mol. The highest BCUT2D eigenvalue weighted by Crippen LogP contribution is 2.40. The average molecular weight is 308 g/mol. The first-order valence-corrected chi connectivity index (χ1v) is 8.87. The number of para-hydroxylation sites is 1. The van der Waals surface area contributed by atoms with Crippen molar-refractivity contribution < 1.29 is 0 Å². The van der Waals surface area contributed by atoms with Gasteiger partial charge in [-0.15, -0.1) is 0 Å². The van der Waals surface area contributed by atoms with Crippen LogP contribution >= 0.6 is 0 Å². The second-order valence-electron chi connectivity index (χ2n) is 6.52. The molecule has 0 radical (unpaired) electrons. The molecule has 2 nitrogen and oxygen atoms in total. The van der Waals surface area contributed by atoms with Gasteiger partial charge in [0.25, 0.3) is 0 Å². The van der Waals surface area contributed by atoms with Crippen molar-refractivity contribution in [3.05, 3.63) is 65.7 Å². The number of hydrogen-bond donors (Lipinski definition) is 1. The van der Waals surface area contributed by atoms with Crippen LogP contribution in [-0.2, 0) is 6.42 Å². The van der Waals surface area contributed by atoms with Crippen LogP contribution in [-0.4, -0.2) is 26.2 Å². The average Bonchev–Trinajstić information content (AvgIpc) is 2.97. The Hall–Kier alpha value is -1.80. The molecule has 0 spiro atoms. The molecule has 2 aromatic rings. The molecule has 0 saturated carbocycles. The molecule has 0 amide bonds. The number of anilines is 1. The van der Waals surface area contributed by atoms with E-state index >= 15 is 0 Å². The van der Waals surface area contributed by atoms with Gasteiger partial charge in [0.2, 0.25) is 0 Å². The van der Waals surface area contributed by atoms with Crippen LogP contribution in [0.4, 0.5) is 5.69 Å². The Morgan fingerprint density at radius 2 is 1.78 bits per heavy atom. The summed E-state index contributed by atoms with van der Waals surface area (Å²) in [5, 5.41) is 3.46. The normalized spacial score (nSPS) is 19.6. The lowest BCUT2D eigenvalue weighted by Gasteiger charge is -2.32. The molecule has 0 bridgehead atoms. The molecule has 23 heavy (non-hydrogen) atoms. The van der Waals surface area contributed by atoms with Gasteiger partial charge in [-0.25, -0.2) is 0 Å². The van der Waals surface area contributed by atoms with Gasteiger partial charge in [-0.3, -0.25) is 0 Å². The van der Waals surface area contributed by atoms with Crippen LogP contribution < -0.4 is 10.2 Å². The summed E-state index contributed by atoms with van der Waals surface area (Å²) in [6, 6.07) is 20.4. The molecule has 2 unspecified atom stereocenters. The fourth-order valence-electron chi connectivity index (χ4n) is 3.89. The molecular weight excluding hydrogens is 280 g/mol. The van der Waals surface area contributed by atoms with Crippen molar-refractivity contribution in [2.75, 3.05) is 25.0 Å². The van der Waals surface area contributed by atoms with E-state index in [0.717, 1.165) is 19.5 Å². The minimum Gasteiger partial charge on any atom is -0.371 e. The minimum absolute atomic E-state index is 0.566. The van der Waals surface area contributed by atoms with Crippen molar-refractivity contribution in [1.29, 1.82) is 0 Å². The van der Waals surface area contributed by atoms with E-state index in [9.17, 15) is 0 Å². The SMILES string of the molecule is CCNCCCC1c2ccccc2CC1N(C)c1ccccc1. The molecule has 3 rings (SSSR count). The predicted molar refractivity (Wildman–Crippen MR) is 99.3 cm³/mol. The predicted octanol–water partition coefficient (Wildman–Crippen LogP) is 4.22. The Bertz CT molecular complexity index is 608. The molecule has 2 aromatic carbocycles. The number of likely N-dealkylation sites (N-methyl/N-ethyl adjacent to an activating group) is 1. The summed E-state index contributed by atoms with van der Waals surface area (Å²) in [5.74, 6) is 0.634. The van der Waals surface area contributed by atoms with Gasteiger partial charge in [-0.1, -0.05) is 49.4 Å². The van der Waals surface area contributed by atoms with Crippen LogP contribution in [0.3, 0.4) is 0 Å². The van der Waals surface area contributed by atoms with E-state index < -0.39 is 0 Å². The standard InChI is InChI=1S/C21H28N2/c1-3-22-15-9-14-20-19-13-8-7-10-17(19)16-21(20)23(2)18-11-5-4-6-12-18/h4-8,10-13,20-22H,3,9,14-16H2,1-2H3. The number of nitrogens with one attached hydrogen (secondary N) is 1. The summed E-state index contributed by atoms with van der Waals surface area (Å²) in [5.41, 5.74) is 4.42. The molecule has 0 fully saturated rings. The van der Waals surface area contributed by atoms with Crippen molar-refractivity contribution in [1.82, 2.24) is 5.32 Å². The Balaban J connectivity index is 1.78. The van der Waals surface area contributed by atoms with E-state index in [1.807, 2.05) is 0 Å². The highest BCUT2D eigenvalue weighted by molar-refractivity contribution is 5.50. The van der Waals surface area contributed by atoms with Gasteiger partial charge in [0.15, 0.2) is 0 Å². The highest BCUT2D eigenvalue weighted by atomic mass is 15.1. The molecule has 1 aliphatic rings. The van der Waals surface area contributed by atoms with Gasteiger partial charge in [0, 0.05) is 24.7 Å². The maximum atomic E-state index is 3.46. The molecule has 0 aromatic heterocycles. The van der Waals surface area contributed by atoms with Gasteiger partial charge < -0.3 is 10.2 Å². The first kappa shape index (κ1) is 16.1. The Morgan fingerprint density at radius 1 is 1.04 bits per heavy atom. The van der Waals surface area contributed by atoms with Gasteiger partial charge in [0.1, 0.15) is 0 Å². The smallest absolute Gasteiger partial charge is 0.0395 e. The molecule has 0 heterocycles. The second-order valence-corrected chi connectivity index (χ2v) is 6.52. The van der Waals surface area contributed by atoms with E-state index in [1.54, 1.807) is 5.56 Å². The third-order valence-corrected chi connectivity index (χ3v) is 5.13. The zero-order valence-corrected chi connectivity index (χ0v) is 14.3. The molecule has 0 aliphatic heterocycles. The van der Waals surface area contributed by atoms with Crippen LogP contribution in [0.25, 0.3) is 0 Å². The molecular formula is C21H28N2. The first-order chi connectivity index (χ1) is 11.3. The zero-order valence-electron chi connectivity index (χ0n) is 14.3. The van der Waals surface area contributed by atoms with Gasteiger partial charge in [0.05, 0.1) is 0 Å². The van der Waals surface area contributed by atoms with Crippen molar-refractivity contribution in [2.45, 2.75) is 38.1 Å². The lowest BCUT2D eigenvalue weighted by Crippen LogP contribution is -2.35. The number of hydrogen-bond acceptors (Lipinski definition) is 2. The van der Waals surface area contributed by atoms with Crippen molar-refractivity contribution in [2.24, 2.45) is 0 Å². The molecule has 0 saturated heterocycles. The zero-order chi connectivity index (χ0) is 16.1. The Kier molecular flexibility index (Phi) is 5.35. The topological polar surface area (TPSA) is 15.3 Å². The van der Waals surface area contributed by atoms with Gasteiger partial charge in [-0.2, -0.15) is 0 Å². The fraction of sp³-hybridized carbons (Fsp3) is 0.429. The third kappa shape index (κ3) is 3.59. The summed E-state index contributed by atoms with van der Waals surface area (Å²) in [6.07, 6.45) is 3.66. The maximum absolute atomic E-state index is 3.46. The molecule has 122 valence electrons. The summed E-state index contributed by atoms with van der Waals surface area (Å²) in [7, 11) is 2.25.